The first-order valence-corrected chi connectivity index (χ1v) is 8.22. The standard InChI is InChI=1S/C19H26O4/c1-11-7-12(2)19(9-20)10-23-18(17(11)13(19)3)14-5-6-15(21)16(8-14)22-4/h5-8,12-13,17-18,20-21H,9-10H2,1-4H3/t12-,13+,17+,18-,19-/m1/s1. The predicted molar refractivity (Wildman–Crippen MR) is 88.4 cm³/mol. The van der Waals surface area contributed by atoms with Crippen LogP contribution < -0.4 is 4.74 Å². The molecule has 4 heteroatoms. The zero-order chi connectivity index (χ0) is 16.8. The number of methoxy groups -OCH3 is 1. The van der Waals surface area contributed by atoms with E-state index >= 15 is 0 Å². The number of aliphatic hydroxyl groups excluding tert-OH is 1. The van der Waals surface area contributed by atoms with Crippen molar-refractivity contribution in [3.63, 3.8) is 0 Å². The lowest BCUT2D eigenvalue weighted by molar-refractivity contribution is -0.165. The van der Waals surface area contributed by atoms with Crippen molar-refractivity contribution < 1.29 is 19.7 Å². The average Bonchev–Trinajstić information content (AvgIpc) is 2.53. The Bertz CT molecular complexity index is 624. The number of aliphatic hydroxyl groups is 1. The summed E-state index contributed by atoms with van der Waals surface area (Å²) in [5.41, 5.74) is 2.11. The van der Waals surface area contributed by atoms with E-state index < -0.39 is 0 Å². The fraction of sp³-hybridized carbons (Fsp3) is 0.579. The molecule has 0 spiro atoms. The lowest BCUT2D eigenvalue weighted by atomic mass is 9.56. The molecule has 1 aliphatic carbocycles. The molecule has 0 unspecified atom stereocenters. The zero-order valence-corrected chi connectivity index (χ0v) is 14.2. The summed E-state index contributed by atoms with van der Waals surface area (Å²) in [7, 11) is 1.55. The molecule has 1 saturated heterocycles. The van der Waals surface area contributed by atoms with Gasteiger partial charge in [0.15, 0.2) is 11.5 Å². The molecule has 3 rings (SSSR count). The van der Waals surface area contributed by atoms with Gasteiger partial charge < -0.3 is 19.7 Å². The highest BCUT2D eigenvalue weighted by Crippen LogP contribution is 2.56. The quantitative estimate of drug-likeness (QED) is 0.840. The number of benzene rings is 1. The Morgan fingerprint density at radius 1 is 1.35 bits per heavy atom. The molecule has 126 valence electrons. The monoisotopic (exact) mass is 318 g/mol. The van der Waals surface area contributed by atoms with Crippen LogP contribution in [0.3, 0.4) is 0 Å². The molecule has 0 saturated carbocycles. The second kappa shape index (κ2) is 5.84. The molecular weight excluding hydrogens is 292 g/mol. The molecule has 2 aliphatic rings. The van der Waals surface area contributed by atoms with Crippen molar-refractivity contribution in [2.75, 3.05) is 20.3 Å². The van der Waals surface area contributed by atoms with Gasteiger partial charge in [-0.05, 0) is 36.5 Å². The minimum absolute atomic E-state index is 0.0806. The van der Waals surface area contributed by atoms with Gasteiger partial charge in [0.2, 0.25) is 0 Å². The molecule has 1 fully saturated rings. The Labute approximate surface area is 137 Å². The zero-order valence-electron chi connectivity index (χ0n) is 14.2. The summed E-state index contributed by atoms with van der Waals surface area (Å²) in [6, 6.07) is 5.40. The van der Waals surface area contributed by atoms with Crippen LogP contribution >= 0.6 is 0 Å². The first kappa shape index (κ1) is 16.3. The number of hydrogen-bond acceptors (Lipinski definition) is 4. The van der Waals surface area contributed by atoms with E-state index in [1.807, 2.05) is 12.1 Å². The smallest absolute Gasteiger partial charge is 0.160 e. The van der Waals surface area contributed by atoms with Crippen LogP contribution in [0.1, 0.15) is 32.4 Å². The van der Waals surface area contributed by atoms with E-state index in [-0.39, 0.29) is 29.8 Å². The van der Waals surface area contributed by atoms with Gasteiger partial charge in [0.05, 0.1) is 26.4 Å². The number of ether oxygens (including phenoxy) is 2. The van der Waals surface area contributed by atoms with Crippen LogP contribution in [-0.2, 0) is 4.74 Å². The Morgan fingerprint density at radius 3 is 2.74 bits per heavy atom. The lowest BCUT2D eigenvalue weighted by Gasteiger charge is -2.55. The number of phenols is 1. The van der Waals surface area contributed by atoms with Gasteiger partial charge in [-0.3, -0.25) is 0 Å². The normalized spacial score (nSPS) is 36.5. The molecule has 1 aromatic rings. The first-order valence-electron chi connectivity index (χ1n) is 8.22. The van der Waals surface area contributed by atoms with Crippen LogP contribution in [0.2, 0.25) is 0 Å². The number of phenolic OH excluding ortho intramolecular Hbond substituents is 1. The second-order valence-corrected chi connectivity index (χ2v) is 7.07. The summed E-state index contributed by atoms with van der Waals surface area (Å²) >= 11 is 0. The van der Waals surface area contributed by atoms with Crippen LogP contribution in [0.4, 0.5) is 0 Å². The van der Waals surface area contributed by atoms with E-state index in [1.54, 1.807) is 13.2 Å². The van der Waals surface area contributed by atoms with Gasteiger partial charge in [-0.25, -0.2) is 0 Å². The van der Waals surface area contributed by atoms with Crippen molar-refractivity contribution in [2.45, 2.75) is 26.9 Å². The summed E-state index contributed by atoms with van der Waals surface area (Å²) in [5.74, 6) is 1.44. The Morgan fingerprint density at radius 2 is 2.09 bits per heavy atom. The van der Waals surface area contributed by atoms with Crippen LogP contribution in [0.25, 0.3) is 0 Å². The van der Waals surface area contributed by atoms with Gasteiger partial charge in [-0.1, -0.05) is 31.6 Å². The van der Waals surface area contributed by atoms with Crippen molar-refractivity contribution in [1.29, 1.82) is 0 Å². The van der Waals surface area contributed by atoms with Crippen LogP contribution in [-0.4, -0.2) is 30.5 Å². The van der Waals surface area contributed by atoms with Crippen molar-refractivity contribution in [1.82, 2.24) is 0 Å². The lowest BCUT2D eigenvalue weighted by Crippen LogP contribution is -2.53. The van der Waals surface area contributed by atoms with E-state index in [9.17, 15) is 10.2 Å². The third-order valence-electron chi connectivity index (χ3n) is 6.08. The summed E-state index contributed by atoms with van der Waals surface area (Å²) in [4.78, 5) is 0. The number of aromatic hydroxyl groups is 1. The van der Waals surface area contributed by atoms with E-state index in [2.05, 4.69) is 26.8 Å². The summed E-state index contributed by atoms with van der Waals surface area (Å²) < 4.78 is 11.5. The molecule has 0 amide bonds. The van der Waals surface area contributed by atoms with Gasteiger partial charge in [-0.15, -0.1) is 0 Å². The summed E-state index contributed by atoms with van der Waals surface area (Å²) in [6.45, 7) is 7.22. The third-order valence-corrected chi connectivity index (χ3v) is 6.08. The minimum Gasteiger partial charge on any atom is -0.504 e. The van der Waals surface area contributed by atoms with Gasteiger partial charge in [0.25, 0.3) is 0 Å². The highest BCUT2D eigenvalue weighted by atomic mass is 16.5. The SMILES string of the molecule is COc1cc([C@H]2OC[C@]3(CO)[C@H](C)C=C(C)[C@H]2[C@@H]3C)ccc1O. The van der Waals surface area contributed by atoms with Gasteiger partial charge >= 0.3 is 0 Å². The molecule has 23 heavy (non-hydrogen) atoms. The molecule has 1 heterocycles. The number of hydrogen-bond donors (Lipinski definition) is 2. The van der Waals surface area contributed by atoms with Crippen molar-refractivity contribution in [2.24, 2.45) is 23.2 Å². The molecule has 2 bridgehead atoms. The van der Waals surface area contributed by atoms with E-state index in [0.29, 0.717) is 24.2 Å². The molecule has 4 nitrogen and oxygen atoms in total. The topological polar surface area (TPSA) is 58.9 Å². The summed E-state index contributed by atoms with van der Waals surface area (Å²) in [6.07, 6.45) is 2.21. The molecule has 0 aromatic heterocycles. The molecule has 2 N–H and O–H groups in total. The summed E-state index contributed by atoms with van der Waals surface area (Å²) in [5, 5.41) is 19.9. The maximum atomic E-state index is 10.0. The van der Waals surface area contributed by atoms with Gasteiger partial charge in [0, 0.05) is 11.3 Å². The largest absolute Gasteiger partial charge is 0.504 e. The molecule has 0 radical (unpaired) electrons. The van der Waals surface area contributed by atoms with Crippen LogP contribution in [0, 0.1) is 23.2 Å². The highest BCUT2D eigenvalue weighted by molar-refractivity contribution is 5.43. The number of fused-ring (bicyclic) bond motifs is 2. The molecule has 1 aromatic carbocycles. The maximum absolute atomic E-state index is 10.0. The fourth-order valence-corrected chi connectivity index (χ4v) is 4.46. The molecule has 5 atom stereocenters. The predicted octanol–water partition coefficient (Wildman–Crippen LogP) is 3.30. The van der Waals surface area contributed by atoms with Crippen LogP contribution in [0.5, 0.6) is 11.5 Å². The fourth-order valence-electron chi connectivity index (χ4n) is 4.46. The van der Waals surface area contributed by atoms with Gasteiger partial charge in [0.1, 0.15) is 0 Å². The van der Waals surface area contributed by atoms with Crippen molar-refractivity contribution >= 4 is 0 Å². The Balaban J connectivity index is 2.02. The Kier molecular flexibility index (Phi) is 4.15. The van der Waals surface area contributed by atoms with E-state index in [1.165, 1.54) is 5.57 Å². The van der Waals surface area contributed by atoms with E-state index in [4.69, 9.17) is 9.47 Å². The molecular formula is C19H26O4. The number of rotatable bonds is 3. The second-order valence-electron chi connectivity index (χ2n) is 7.07. The van der Waals surface area contributed by atoms with Gasteiger partial charge in [-0.2, -0.15) is 0 Å². The Hall–Kier alpha value is -1.52. The maximum Gasteiger partial charge on any atom is 0.160 e. The first-order chi connectivity index (χ1) is 10.9. The van der Waals surface area contributed by atoms with Crippen LogP contribution in [0.15, 0.2) is 29.8 Å². The van der Waals surface area contributed by atoms with E-state index in [0.717, 1.165) is 5.56 Å². The number of allylic oxidation sites excluding steroid dienone is 1. The average molecular weight is 318 g/mol. The minimum atomic E-state index is -0.207. The van der Waals surface area contributed by atoms with Crippen molar-refractivity contribution in [3.05, 3.63) is 35.4 Å². The highest BCUT2D eigenvalue weighted by Gasteiger charge is 2.53. The molecule has 1 aliphatic heterocycles. The third kappa shape index (κ3) is 2.36. The van der Waals surface area contributed by atoms with Crippen molar-refractivity contribution in [3.8, 4) is 11.5 Å².